The van der Waals surface area contributed by atoms with Gasteiger partial charge in [0.25, 0.3) is 0 Å². The predicted molar refractivity (Wildman–Crippen MR) is 175 cm³/mol. The maximum Gasteiger partial charge on any atom is 0.236 e. The molecule has 1 saturated heterocycles. The van der Waals surface area contributed by atoms with Crippen LogP contribution in [0.1, 0.15) is 84.8 Å². The van der Waals surface area contributed by atoms with Crippen molar-refractivity contribution in [3.8, 4) is 0 Å². The minimum Gasteiger partial charge on any atom is -0.386 e. The number of carbonyl (C=O) groups excluding carboxylic acids is 4. The van der Waals surface area contributed by atoms with Crippen LogP contribution in [0.3, 0.4) is 0 Å². The number of amides is 4. The van der Waals surface area contributed by atoms with E-state index >= 15 is 0 Å². The molecule has 1 aromatic rings. The quantitative estimate of drug-likeness (QED) is 0.158. The van der Waals surface area contributed by atoms with Gasteiger partial charge in [-0.15, -0.1) is 0 Å². The van der Waals surface area contributed by atoms with E-state index in [1.54, 1.807) is 40.0 Å². The first-order valence-electron chi connectivity index (χ1n) is 16.4. The molecule has 1 unspecified atom stereocenters. The fourth-order valence-electron chi connectivity index (χ4n) is 6.40. The summed E-state index contributed by atoms with van der Waals surface area (Å²) >= 11 is 0. The molecule has 1 heterocycles. The van der Waals surface area contributed by atoms with Crippen LogP contribution in [0.2, 0.25) is 0 Å². The van der Waals surface area contributed by atoms with Crippen molar-refractivity contribution in [3.63, 3.8) is 0 Å². The maximum atomic E-state index is 13.6. The van der Waals surface area contributed by atoms with Gasteiger partial charge in [0.2, 0.25) is 24.1 Å². The molecule has 7 atom stereocenters. The Morgan fingerprint density at radius 1 is 1.11 bits per heavy atom. The second-order valence-electron chi connectivity index (χ2n) is 12.8. The van der Waals surface area contributed by atoms with Crippen LogP contribution in [0.4, 0.5) is 0 Å². The molecule has 254 valence electrons. The number of nitrogens with zero attached hydrogens (tertiary/aromatic N) is 3. The van der Waals surface area contributed by atoms with Gasteiger partial charge in [-0.05, 0) is 44.1 Å². The number of hydrogen-bond acceptors (Lipinski definition) is 7. The largest absolute Gasteiger partial charge is 0.386 e. The lowest BCUT2D eigenvalue weighted by atomic mass is 9.93. The first-order valence-corrected chi connectivity index (χ1v) is 16.4. The number of ether oxygens (including phenoxy) is 1. The summed E-state index contributed by atoms with van der Waals surface area (Å²) in [6, 6.07) is 8.36. The van der Waals surface area contributed by atoms with Crippen molar-refractivity contribution in [2.45, 2.75) is 110 Å². The van der Waals surface area contributed by atoms with E-state index in [9.17, 15) is 24.3 Å². The Kier molecular flexibility index (Phi) is 16.0. The van der Waals surface area contributed by atoms with Crippen LogP contribution in [0, 0.1) is 11.8 Å². The molecule has 45 heavy (non-hydrogen) atoms. The van der Waals surface area contributed by atoms with E-state index in [1.165, 1.54) is 4.90 Å². The van der Waals surface area contributed by atoms with E-state index in [-0.39, 0.29) is 54.9 Å². The van der Waals surface area contributed by atoms with Gasteiger partial charge in [0.05, 0.1) is 42.9 Å². The Bertz CT molecular complexity index is 1070. The molecule has 0 spiro atoms. The van der Waals surface area contributed by atoms with Crippen LogP contribution in [-0.4, -0.2) is 109 Å². The molecule has 0 saturated carbocycles. The number of carbonyl (C=O) groups is 4. The van der Waals surface area contributed by atoms with Crippen molar-refractivity contribution in [1.29, 1.82) is 0 Å². The Morgan fingerprint density at radius 2 is 1.78 bits per heavy atom. The molecule has 4 amide bonds. The van der Waals surface area contributed by atoms with E-state index in [0.29, 0.717) is 13.0 Å². The number of likely N-dealkylation sites (tertiary alicyclic amines) is 1. The van der Waals surface area contributed by atoms with Gasteiger partial charge >= 0.3 is 0 Å². The highest BCUT2D eigenvalue weighted by Crippen LogP contribution is 2.28. The summed E-state index contributed by atoms with van der Waals surface area (Å²) in [6.07, 6.45) is 3.15. The summed E-state index contributed by atoms with van der Waals surface area (Å²) in [5, 5.41) is 16.9. The average molecular weight is 632 g/mol. The highest BCUT2D eigenvalue weighted by Gasteiger charge is 2.40. The molecule has 0 aromatic heterocycles. The molecule has 0 bridgehead atoms. The summed E-state index contributed by atoms with van der Waals surface area (Å²) in [4.78, 5) is 56.3. The van der Waals surface area contributed by atoms with Gasteiger partial charge < -0.3 is 29.9 Å². The van der Waals surface area contributed by atoms with Gasteiger partial charge in [-0.2, -0.15) is 0 Å². The molecule has 1 aromatic carbocycles. The third-order valence-electron chi connectivity index (χ3n) is 9.12. The smallest absolute Gasteiger partial charge is 0.236 e. The standard InChI is InChI=1S/C34H57N5O6/c1-9-14-27(38(7)30(42)21-35-33(23(2)3)37(6)22-40)18-19-29(41)39-20-13-17-28(39)32(45-8)24(4)34(44)36-25(5)31(43)26-15-11-10-12-16-26/h10-12,15-16,22-25,27-28,31-33,35,43H,9,13-14,17-21H2,1-8H3,(H,36,44)/t24-,25-,27+,28+,31-,32-,33?/m1/s1. The number of methoxy groups -OCH3 is 1. The number of aliphatic hydroxyl groups is 1. The Labute approximate surface area is 270 Å². The van der Waals surface area contributed by atoms with Crippen LogP contribution >= 0.6 is 0 Å². The van der Waals surface area contributed by atoms with Crippen LogP contribution in [0.25, 0.3) is 0 Å². The van der Waals surface area contributed by atoms with E-state index in [4.69, 9.17) is 4.74 Å². The topological polar surface area (TPSA) is 132 Å². The van der Waals surface area contributed by atoms with Crippen molar-refractivity contribution in [3.05, 3.63) is 35.9 Å². The number of likely N-dealkylation sites (N-methyl/N-ethyl adjacent to an activating group) is 1. The lowest BCUT2D eigenvalue weighted by molar-refractivity contribution is -0.141. The highest BCUT2D eigenvalue weighted by molar-refractivity contribution is 5.81. The van der Waals surface area contributed by atoms with E-state index in [2.05, 4.69) is 17.6 Å². The predicted octanol–water partition coefficient (Wildman–Crippen LogP) is 2.93. The molecule has 3 N–H and O–H groups in total. The molecule has 2 rings (SSSR count). The summed E-state index contributed by atoms with van der Waals surface area (Å²) in [5.41, 5.74) is 0.726. The third-order valence-corrected chi connectivity index (χ3v) is 9.12. The summed E-state index contributed by atoms with van der Waals surface area (Å²) in [6.45, 7) is 10.3. The lowest BCUT2D eigenvalue weighted by Gasteiger charge is -2.35. The minimum absolute atomic E-state index is 0.00687. The van der Waals surface area contributed by atoms with Crippen LogP contribution in [-0.2, 0) is 23.9 Å². The minimum atomic E-state index is -0.848. The number of rotatable bonds is 19. The fraction of sp³-hybridized carbons (Fsp3) is 0.706. The zero-order valence-electron chi connectivity index (χ0n) is 28.6. The van der Waals surface area contributed by atoms with Crippen LogP contribution in [0.5, 0.6) is 0 Å². The third kappa shape index (κ3) is 10.8. The van der Waals surface area contributed by atoms with Gasteiger partial charge in [0.15, 0.2) is 0 Å². The Morgan fingerprint density at radius 3 is 2.36 bits per heavy atom. The number of nitrogens with one attached hydrogen (secondary N) is 2. The molecule has 0 radical (unpaired) electrons. The van der Waals surface area contributed by atoms with Gasteiger partial charge in [0.1, 0.15) is 0 Å². The molecule has 1 aliphatic heterocycles. The molecular weight excluding hydrogens is 574 g/mol. The van der Waals surface area contributed by atoms with E-state index in [1.807, 2.05) is 49.1 Å². The van der Waals surface area contributed by atoms with Crippen molar-refractivity contribution in [2.75, 3.05) is 34.3 Å². The van der Waals surface area contributed by atoms with Gasteiger partial charge in [-0.25, -0.2) is 0 Å². The maximum absolute atomic E-state index is 13.6. The average Bonchev–Trinajstić information content (AvgIpc) is 3.52. The number of benzene rings is 1. The monoisotopic (exact) mass is 631 g/mol. The number of aliphatic hydroxyl groups excluding tert-OH is 1. The van der Waals surface area contributed by atoms with E-state index in [0.717, 1.165) is 37.7 Å². The molecule has 0 aliphatic carbocycles. The Balaban J connectivity index is 2.00. The summed E-state index contributed by atoms with van der Waals surface area (Å²) < 4.78 is 5.84. The van der Waals surface area contributed by atoms with E-state index < -0.39 is 24.2 Å². The van der Waals surface area contributed by atoms with Crippen molar-refractivity contribution in [2.24, 2.45) is 11.8 Å². The highest BCUT2D eigenvalue weighted by atomic mass is 16.5. The second kappa shape index (κ2) is 18.8. The van der Waals surface area contributed by atoms with Crippen molar-refractivity contribution >= 4 is 24.1 Å². The molecule has 1 aliphatic rings. The van der Waals surface area contributed by atoms with Crippen molar-refractivity contribution < 1.29 is 29.0 Å². The van der Waals surface area contributed by atoms with Crippen molar-refractivity contribution in [1.82, 2.24) is 25.3 Å². The second-order valence-corrected chi connectivity index (χ2v) is 12.8. The zero-order chi connectivity index (χ0) is 33.7. The SMILES string of the molecule is CCC[C@@H](CCC(=O)N1CCC[C@H]1[C@H](OC)[C@@H](C)C(=O)N[C@H](C)[C@@H](O)c1ccccc1)N(C)C(=O)CNC(C(C)C)N(C)C=O. The number of hydrogen-bond donors (Lipinski definition) is 3. The summed E-state index contributed by atoms with van der Waals surface area (Å²) in [5.74, 6) is -0.747. The molecule has 11 nitrogen and oxygen atoms in total. The molecule has 11 heteroatoms. The van der Waals surface area contributed by atoms with Gasteiger partial charge in [-0.1, -0.05) is 64.4 Å². The van der Waals surface area contributed by atoms with Gasteiger partial charge in [-0.3, -0.25) is 24.5 Å². The first-order chi connectivity index (χ1) is 21.4. The lowest BCUT2D eigenvalue weighted by Crippen LogP contribution is -2.52. The van der Waals surface area contributed by atoms with Crippen LogP contribution in [0.15, 0.2) is 30.3 Å². The first kappa shape index (κ1) is 38.2. The summed E-state index contributed by atoms with van der Waals surface area (Å²) in [7, 11) is 5.03. The molecular formula is C34H57N5O6. The van der Waals surface area contributed by atoms with Gasteiger partial charge in [0, 0.05) is 40.2 Å². The normalized spacial score (nSPS) is 18.9. The molecule has 1 fully saturated rings. The fourth-order valence-corrected chi connectivity index (χ4v) is 6.40. The Hall–Kier alpha value is -3.02. The zero-order valence-corrected chi connectivity index (χ0v) is 28.6. The van der Waals surface area contributed by atoms with Crippen LogP contribution < -0.4 is 10.6 Å².